The van der Waals surface area contributed by atoms with E-state index in [0.717, 1.165) is 11.1 Å². The van der Waals surface area contributed by atoms with Crippen molar-refractivity contribution < 1.29 is 9.53 Å². The molecule has 0 amide bonds. The third-order valence-electron chi connectivity index (χ3n) is 3.29. The number of ether oxygens (including phenoxy) is 1. The molecule has 2 rings (SSSR count). The van der Waals surface area contributed by atoms with Crippen molar-refractivity contribution in [1.82, 2.24) is 4.98 Å². The molecule has 1 aromatic heterocycles. The van der Waals surface area contributed by atoms with Crippen LogP contribution in [0.2, 0.25) is 0 Å². The van der Waals surface area contributed by atoms with Gasteiger partial charge in [-0.05, 0) is 17.2 Å². The Kier molecular flexibility index (Phi) is 4.31. The SMILES string of the molecule is C=C(c1ccc(OC)nc1)C(C)C(=O)c1ccccc1. The third-order valence-corrected chi connectivity index (χ3v) is 3.29. The van der Waals surface area contributed by atoms with E-state index in [1.165, 1.54) is 0 Å². The molecule has 20 heavy (non-hydrogen) atoms. The Morgan fingerprint density at radius 1 is 1.15 bits per heavy atom. The highest BCUT2D eigenvalue weighted by molar-refractivity contribution is 6.04. The number of methoxy groups -OCH3 is 1. The van der Waals surface area contributed by atoms with Crippen molar-refractivity contribution in [2.24, 2.45) is 5.92 Å². The summed E-state index contributed by atoms with van der Waals surface area (Å²) in [6.45, 7) is 5.89. The number of hydrogen-bond donors (Lipinski definition) is 0. The summed E-state index contributed by atoms with van der Waals surface area (Å²) in [5.74, 6) is 0.322. The van der Waals surface area contributed by atoms with Crippen molar-refractivity contribution in [2.45, 2.75) is 6.92 Å². The van der Waals surface area contributed by atoms with E-state index in [4.69, 9.17) is 4.74 Å². The molecule has 102 valence electrons. The highest BCUT2D eigenvalue weighted by Gasteiger charge is 2.19. The molecular formula is C17H17NO2. The van der Waals surface area contributed by atoms with Gasteiger partial charge in [-0.25, -0.2) is 4.98 Å². The van der Waals surface area contributed by atoms with Gasteiger partial charge in [0.2, 0.25) is 5.88 Å². The zero-order chi connectivity index (χ0) is 14.5. The summed E-state index contributed by atoms with van der Waals surface area (Å²) in [4.78, 5) is 16.5. The average Bonchev–Trinajstić information content (AvgIpc) is 2.53. The topological polar surface area (TPSA) is 39.2 Å². The molecule has 0 aliphatic heterocycles. The van der Waals surface area contributed by atoms with Crippen LogP contribution in [0.4, 0.5) is 0 Å². The maximum atomic E-state index is 12.4. The first-order chi connectivity index (χ1) is 9.63. The minimum Gasteiger partial charge on any atom is -0.481 e. The van der Waals surface area contributed by atoms with Crippen LogP contribution in [-0.2, 0) is 0 Å². The lowest BCUT2D eigenvalue weighted by molar-refractivity contribution is 0.0958. The minimum absolute atomic E-state index is 0.0615. The van der Waals surface area contributed by atoms with Crippen molar-refractivity contribution in [3.05, 3.63) is 66.4 Å². The maximum absolute atomic E-state index is 12.4. The summed E-state index contributed by atoms with van der Waals surface area (Å²) in [6.07, 6.45) is 1.68. The Bertz CT molecular complexity index is 603. The van der Waals surface area contributed by atoms with Crippen LogP contribution in [-0.4, -0.2) is 17.9 Å². The van der Waals surface area contributed by atoms with Crippen molar-refractivity contribution in [2.75, 3.05) is 7.11 Å². The highest BCUT2D eigenvalue weighted by atomic mass is 16.5. The van der Waals surface area contributed by atoms with Gasteiger partial charge in [-0.2, -0.15) is 0 Å². The molecule has 0 spiro atoms. The summed E-state index contributed by atoms with van der Waals surface area (Å²) in [5.41, 5.74) is 2.30. The molecule has 0 radical (unpaired) electrons. The molecule has 0 aliphatic rings. The van der Waals surface area contributed by atoms with Gasteiger partial charge in [0.25, 0.3) is 0 Å². The van der Waals surface area contributed by atoms with Crippen LogP contribution in [0.15, 0.2) is 55.2 Å². The second-order valence-electron chi connectivity index (χ2n) is 4.57. The van der Waals surface area contributed by atoms with Gasteiger partial charge >= 0.3 is 0 Å². The van der Waals surface area contributed by atoms with Gasteiger partial charge < -0.3 is 4.74 Å². The number of benzene rings is 1. The molecule has 1 unspecified atom stereocenters. The Morgan fingerprint density at radius 2 is 1.85 bits per heavy atom. The first-order valence-electron chi connectivity index (χ1n) is 6.42. The lowest BCUT2D eigenvalue weighted by atomic mass is 9.89. The second kappa shape index (κ2) is 6.15. The predicted octanol–water partition coefficient (Wildman–Crippen LogP) is 3.62. The largest absolute Gasteiger partial charge is 0.481 e. The van der Waals surface area contributed by atoms with Gasteiger partial charge in [-0.3, -0.25) is 4.79 Å². The molecule has 0 fully saturated rings. The Hall–Kier alpha value is -2.42. The average molecular weight is 267 g/mol. The zero-order valence-corrected chi connectivity index (χ0v) is 11.7. The molecular weight excluding hydrogens is 250 g/mol. The number of nitrogens with zero attached hydrogens (tertiary/aromatic N) is 1. The van der Waals surface area contributed by atoms with Crippen LogP contribution in [0.3, 0.4) is 0 Å². The van der Waals surface area contributed by atoms with E-state index < -0.39 is 0 Å². The van der Waals surface area contributed by atoms with Gasteiger partial charge in [0.15, 0.2) is 5.78 Å². The third kappa shape index (κ3) is 2.94. The number of ketones is 1. The smallest absolute Gasteiger partial charge is 0.212 e. The molecule has 0 aliphatic carbocycles. The Labute approximate surface area is 118 Å². The molecule has 0 N–H and O–H groups in total. The fourth-order valence-corrected chi connectivity index (χ4v) is 1.95. The predicted molar refractivity (Wildman–Crippen MR) is 79.8 cm³/mol. The molecule has 1 aromatic carbocycles. The van der Waals surface area contributed by atoms with Crippen molar-refractivity contribution in [3.63, 3.8) is 0 Å². The minimum atomic E-state index is -0.285. The van der Waals surface area contributed by atoms with E-state index in [2.05, 4.69) is 11.6 Å². The standard InChI is InChI=1S/C17H17NO2/c1-12(15-9-10-16(20-3)18-11-15)13(2)17(19)14-7-5-4-6-8-14/h4-11,13H,1H2,2-3H3. The van der Waals surface area contributed by atoms with E-state index in [1.807, 2.05) is 43.3 Å². The lowest BCUT2D eigenvalue weighted by Gasteiger charge is -2.14. The molecule has 2 aromatic rings. The molecule has 1 heterocycles. The van der Waals surface area contributed by atoms with Crippen LogP contribution in [0.25, 0.3) is 5.57 Å². The number of allylic oxidation sites excluding steroid dienone is 1. The van der Waals surface area contributed by atoms with Gasteiger partial charge in [0.05, 0.1) is 7.11 Å². The van der Waals surface area contributed by atoms with Crippen LogP contribution in [0.1, 0.15) is 22.8 Å². The maximum Gasteiger partial charge on any atom is 0.212 e. The van der Waals surface area contributed by atoms with Gasteiger partial charge in [0, 0.05) is 23.7 Å². The number of aromatic nitrogens is 1. The van der Waals surface area contributed by atoms with Gasteiger partial charge in [0.1, 0.15) is 0 Å². The van der Waals surface area contributed by atoms with E-state index in [9.17, 15) is 4.79 Å². The molecule has 0 saturated heterocycles. The summed E-state index contributed by atoms with van der Waals surface area (Å²) in [5, 5.41) is 0. The Morgan fingerprint density at radius 3 is 2.40 bits per heavy atom. The van der Waals surface area contributed by atoms with E-state index >= 15 is 0 Å². The number of carbonyl (C=O) groups excluding carboxylic acids is 1. The van der Waals surface area contributed by atoms with E-state index in [1.54, 1.807) is 19.4 Å². The number of rotatable bonds is 5. The first kappa shape index (κ1) is 14.0. The summed E-state index contributed by atoms with van der Waals surface area (Å²) in [6, 6.07) is 12.9. The van der Waals surface area contributed by atoms with Crippen LogP contribution in [0.5, 0.6) is 5.88 Å². The summed E-state index contributed by atoms with van der Waals surface area (Å²) >= 11 is 0. The molecule has 3 heteroatoms. The van der Waals surface area contributed by atoms with Crippen LogP contribution < -0.4 is 4.74 Å². The van der Waals surface area contributed by atoms with Crippen molar-refractivity contribution in [1.29, 1.82) is 0 Å². The second-order valence-corrected chi connectivity index (χ2v) is 4.57. The van der Waals surface area contributed by atoms with Crippen LogP contribution in [0, 0.1) is 5.92 Å². The van der Waals surface area contributed by atoms with Gasteiger partial charge in [-0.15, -0.1) is 0 Å². The van der Waals surface area contributed by atoms with Gasteiger partial charge in [-0.1, -0.05) is 43.8 Å². The molecule has 3 nitrogen and oxygen atoms in total. The summed E-state index contributed by atoms with van der Waals surface area (Å²) < 4.78 is 5.02. The monoisotopic (exact) mass is 267 g/mol. The fourth-order valence-electron chi connectivity index (χ4n) is 1.95. The normalized spacial score (nSPS) is 11.7. The molecule has 0 bridgehead atoms. The highest BCUT2D eigenvalue weighted by Crippen LogP contribution is 2.25. The number of pyridine rings is 1. The lowest BCUT2D eigenvalue weighted by Crippen LogP contribution is -2.12. The summed E-state index contributed by atoms with van der Waals surface area (Å²) in [7, 11) is 1.57. The number of carbonyl (C=O) groups is 1. The zero-order valence-electron chi connectivity index (χ0n) is 11.7. The molecule has 0 saturated carbocycles. The van der Waals surface area contributed by atoms with E-state index in [0.29, 0.717) is 11.4 Å². The molecule has 1 atom stereocenters. The quantitative estimate of drug-likeness (QED) is 0.777. The first-order valence-corrected chi connectivity index (χ1v) is 6.42. The number of hydrogen-bond acceptors (Lipinski definition) is 3. The van der Waals surface area contributed by atoms with Crippen LogP contribution >= 0.6 is 0 Å². The van der Waals surface area contributed by atoms with Crippen molar-refractivity contribution >= 4 is 11.4 Å². The number of Topliss-reactive ketones (excluding diaryl/α,β-unsaturated/α-hetero) is 1. The van der Waals surface area contributed by atoms with E-state index in [-0.39, 0.29) is 11.7 Å². The van der Waals surface area contributed by atoms with Crippen molar-refractivity contribution in [3.8, 4) is 5.88 Å². The Balaban J connectivity index is 2.17. The fraction of sp³-hybridized carbons (Fsp3) is 0.176.